The maximum Gasteiger partial charge on any atom is 0.186 e. The van der Waals surface area contributed by atoms with Gasteiger partial charge in [0.15, 0.2) is 11.4 Å². The Morgan fingerprint density at radius 3 is 2.95 bits per heavy atom. The van der Waals surface area contributed by atoms with E-state index in [0.717, 1.165) is 47.9 Å². The van der Waals surface area contributed by atoms with Crippen LogP contribution in [0.4, 0.5) is 5.13 Å². The molecular formula is C14H23N3OS. The van der Waals surface area contributed by atoms with Crippen molar-refractivity contribution in [3.05, 3.63) is 10.6 Å². The van der Waals surface area contributed by atoms with E-state index in [1.54, 1.807) is 11.3 Å². The van der Waals surface area contributed by atoms with Crippen molar-refractivity contribution in [1.82, 2.24) is 9.88 Å². The van der Waals surface area contributed by atoms with Gasteiger partial charge in [-0.2, -0.15) is 0 Å². The minimum Gasteiger partial charge on any atom is -0.344 e. The number of hydrogen-bond donors (Lipinski definition) is 0. The zero-order valence-corrected chi connectivity index (χ0v) is 12.9. The third kappa shape index (κ3) is 3.34. The van der Waals surface area contributed by atoms with E-state index in [9.17, 15) is 4.79 Å². The molecule has 1 aromatic rings. The third-order valence-electron chi connectivity index (χ3n) is 3.51. The van der Waals surface area contributed by atoms with Gasteiger partial charge in [-0.1, -0.05) is 24.7 Å². The van der Waals surface area contributed by atoms with Crippen molar-refractivity contribution >= 4 is 22.8 Å². The van der Waals surface area contributed by atoms with Gasteiger partial charge in [0.05, 0.1) is 10.6 Å². The van der Waals surface area contributed by atoms with Gasteiger partial charge in [0.25, 0.3) is 0 Å². The summed E-state index contributed by atoms with van der Waals surface area (Å²) in [7, 11) is 4.22. The highest BCUT2D eigenvalue weighted by molar-refractivity contribution is 7.17. The molecule has 1 aliphatic rings. The van der Waals surface area contributed by atoms with Crippen LogP contribution in [-0.2, 0) is 6.42 Å². The number of rotatable bonds is 6. The lowest BCUT2D eigenvalue weighted by molar-refractivity contribution is 0.112. The van der Waals surface area contributed by atoms with E-state index in [4.69, 9.17) is 4.98 Å². The number of hydrogen-bond acceptors (Lipinski definition) is 5. The van der Waals surface area contributed by atoms with Crippen LogP contribution in [0.5, 0.6) is 0 Å². The second kappa shape index (κ2) is 6.48. The minimum absolute atomic E-state index is 0.537. The van der Waals surface area contributed by atoms with Crippen LogP contribution in [0.1, 0.15) is 41.6 Å². The van der Waals surface area contributed by atoms with Crippen LogP contribution in [0.15, 0.2) is 0 Å². The summed E-state index contributed by atoms with van der Waals surface area (Å²) in [5.74, 6) is 0. The molecule has 0 aliphatic carbocycles. The third-order valence-corrected chi connectivity index (χ3v) is 4.57. The molecule has 2 heterocycles. The maximum absolute atomic E-state index is 11.1. The number of anilines is 1. The molecule has 0 N–H and O–H groups in total. The molecule has 2 rings (SSSR count). The Bertz CT molecular complexity index is 430. The van der Waals surface area contributed by atoms with Crippen molar-refractivity contribution in [2.45, 2.75) is 38.6 Å². The summed E-state index contributed by atoms with van der Waals surface area (Å²) in [6, 6.07) is 0.537. The first kappa shape index (κ1) is 14.5. The average molecular weight is 281 g/mol. The predicted octanol–water partition coefficient (Wildman–Crippen LogP) is 2.44. The van der Waals surface area contributed by atoms with Gasteiger partial charge in [0.2, 0.25) is 0 Å². The monoisotopic (exact) mass is 281 g/mol. The summed E-state index contributed by atoms with van der Waals surface area (Å²) in [6.07, 6.45) is 5.33. The van der Waals surface area contributed by atoms with E-state index in [0.29, 0.717) is 6.04 Å². The number of likely N-dealkylation sites (N-methyl/N-ethyl adjacent to an activating group) is 1. The minimum atomic E-state index is 0.537. The molecule has 1 fully saturated rings. The second-order valence-corrected chi connectivity index (χ2v) is 6.44. The summed E-state index contributed by atoms with van der Waals surface area (Å²) in [4.78, 5) is 21.3. The molecule has 0 amide bonds. The Kier molecular flexibility index (Phi) is 4.93. The normalized spacial score (nSPS) is 19.4. The van der Waals surface area contributed by atoms with Crippen LogP contribution in [0, 0.1) is 0 Å². The molecule has 0 radical (unpaired) electrons. The Morgan fingerprint density at radius 1 is 1.53 bits per heavy atom. The number of carbonyl (C=O) groups is 1. The van der Waals surface area contributed by atoms with Gasteiger partial charge in [-0.3, -0.25) is 4.79 Å². The number of thiazole rings is 1. The van der Waals surface area contributed by atoms with E-state index < -0.39 is 0 Å². The van der Waals surface area contributed by atoms with Crippen molar-refractivity contribution in [2.24, 2.45) is 0 Å². The van der Waals surface area contributed by atoms with E-state index in [1.807, 2.05) is 0 Å². The van der Waals surface area contributed by atoms with Crippen LogP contribution < -0.4 is 4.90 Å². The van der Waals surface area contributed by atoms with Gasteiger partial charge in [-0.15, -0.1) is 0 Å². The van der Waals surface area contributed by atoms with Gasteiger partial charge in [0.1, 0.15) is 0 Å². The zero-order valence-electron chi connectivity index (χ0n) is 12.1. The van der Waals surface area contributed by atoms with Gasteiger partial charge >= 0.3 is 0 Å². The fourth-order valence-corrected chi connectivity index (χ4v) is 3.70. The number of aryl methyl sites for hydroxylation is 1. The van der Waals surface area contributed by atoms with E-state index >= 15 is 0 Å². The lowest BCUT2D eigenvalue weighted by Crippen LogP contribution is -2.37. The smallest absolute Gasteiger partial charge is 0.186 e. The van der Waals surface area contributed by atoms with Gasteiger partial charge < -0.3 is 9.80 Å². The first-order valence-electron chi connectivity index (χ1n) is 7.02. The van der Waals surface area contributed by atoms with E-state index in [1.165, 1.54) is 12.8 Å². The Morgan fingerprint density at radius 2 is 2.32 bits per heavy atom. The Hall–Kier alpha value is -0.940. The molecule has 1 unspecified atom stereocenters. The molecule has 1 aliphatic heterocycles. The second-order valence-electron chi connectivity index (χ2n) is 5.43. The van der Waals surface area contributed by atoms with Crippen LogP contribution in [0.2, 0.25) is 0 Å². The van der Waals surface area contributed by atoms with Crippen LogP contribution in [0.3, 0.4) is 0 Å². The predicted molar refractivity (Wildman–Crippen MR) is 80.4 cm³/mol. The SMILES string of the molecule is CCCc1nc(N2CCCC2CN(C)C)sc1C=O. The van der Waals surface area contributed by atoms with Crippen molar-refractivity contribution < 1.29 is 4.79 Å². The molecule has 106 valence electrons. The van der Waals surface area contributed by atoms with Crippen LogP contribution in [0.25, 0.3) is 0 Å². The van der Waals surface area contributed by atoms with Crippen LogP contribution >= 0.6 is 11.3 Å². The fourth-order valence-electron chi connectivity index (χ4n) is 2.68. The number of carbonyl (C=O) groups excluding carboxylic acids is 1. The highest BCUT2D eigenvalue weighted by atomic mass is 32.1. The summed E-state index contributed by atoms with van der Waals surface area (Å²) >= 11 is 1.56. The van der Waals surface area contributed by atoms with Crippen molar-refractivity contribution in [2.75, 3.05) is 32.1 Å². The molecular weight excluding hydrogens is 258 g/mol. The molecule has 0 bridgehead atoms. The number of aromatic nitrogens is 1. The Balaban J connectivity index is 2.18. The lowest BCUT2D eigenvalue weighted by Gasteiger charge is -2.26. The highest BCUT2D eigenvalue weighted by Gasteiger charge is 2.28. The van der Waals surface area contributed by atoms with Crippen molar-refractivity contribution in [1.29, 1.82) is 0 Å². The van der Waals surface area contributed by atoms with Gasteiger partial charge in [0, 0.05) is 19.1 Å². The van der Waals surface area contributed by atoms with Crippen molar-refractivity contribution in [3.8, 4) is 0 Å². The van der Waals surface area contributed by atoms with Gasteiger partial charge in [-0.25, -0.2) is 4.98 Å². The molecule has 4 nitrogen and oxygen atoms in total. The molecule has 1 saturated heterocycles. The molecule has 1 atom stereocenters. The molecule has 0 spiro atoms. The molecule has 5 heteroatoms. The number of aldehydes is 1. The fraction of sp³-hybridized carbons (Fsp3) is 0.714. The van der Waals surface area contributed by atoms with E-state index in [2.05, 4.69) is 30.8 Å². The summed E-state index contributed by atoms with van der Waals surface area (Å²) < 4.78 is 0. The topological polar surface area (TPSA) is 36.4 Å². The van der Waals surface area contributed by atoms with E-state index in [-0.39, 0.29) is 0 Å². The number of nitrogens with zero attached hydrogens (tertiary/aromatic N) is 3. The average Bonchev–Trinajstić information content (AvgIpc) is 2.95. The molecule has 0 aromatic carbocycles. The molecule has 0 saturated carbocycles. The Labute approximate surface area is 119 Å². The summed E-state index contributed by atoms with van der Waals surface area (Å²) in [5, 5.41) is 1.04. The molecule has 1 aromatic heterocycles. The van der Waals surface area contributed by atoms with Gasteiger partial charge in [-0.05, 0) is 33.4 Å². The summed E-state index contributed by atoms with van der Waals surface area (Å²) in [5.41, 5.74) is 0.980. The van der Waals surface area contributed by atoms with Crippen molar-refractivity contribution in [3.63, 3.8) is 0 Å². The highest BCUT2D eigenvalue weighted by Crippen LogP contribution is 2.31. The first-order valence-corrected chi connectivity index (χ1v) is 7.83. The quantitative estimate of drug-likeness (QED) is 0.750. The lowest BCUT2D eigenvalue weighted by atomic mass is 10.2. The summed E-state index contributed by atoms with van der Waals surface area (Å²) in [6.45, 7) is 4.24. The molecule has 19 heavy (non-hydrogen) atoms. The zero-order chi connectivity index (χ0) is 13.8. The maximum atomic E-state index is 11.1. The van der Waals surface area contributed by atoms with Crippen LogP contribution in [-0.4, -0.2) is 49.4 Å². The standard InChI is InChI=1S/C14H23N3OS/c1-4-6-12-13(10-18)19-14(15-12)17-8-5-7-11(17)9-16(2)3/h10-11H,4-9H2,1-3H3. The first-order chi connectivity index (χ1) is 9.15. The largest absolute Gasteiger partial charge is 0.344 e.